The fourth-order valence-electron chi connectivity index (χ4n) is 2.17. The number of halogens is 1. The van der Waals surface area contributed by atoms with Crippen molar-refractivity contribution in [3.63, 3.8) is 0 Å². The Labute approximate surface area is 131 Å². The third kappa shape index (κ3) is 2.97. The number of thiazole rings is 1. The molecule has 22 heavy (non-hydrogen) atoms. The Morgan fingerprint density at radius 3 is 2.64 bits per heavy atom. The van der Waals surface area contributed by atoms with Crippen molar-refractivity contribution in [1.29, 1.82) is 5.26 Å². The van der Waals surface area contributed by atoms with Crippen LogP contribution in [0.2, 0.25) is 0 Å². The molecule has 3 nitrogen and oxygen atoms in total. The Morgan fingerprint density at radius 2 is 2.00 bits per heavy atom. The van der Waals surface area contributed by atoms with Crippen molar-refractivity contribution < 1.29 is 4.39 Å². The summed E-state index contributed by atoms with van der Waals surface area (Å²) in [5.74, 6) is -0.448. The van der Waals surface area contributed by atoms with Crippen LogP contribution >= 0.6 is 11.3 Å². The molecule has 0 radical (unpaired) electrons. The molecule has 1 atom stereocenters. The highest BCUT2D eigenvalue weighted by atomic mass is 32.1. The summed E-state index contributed by atoms with van der Waals surface area (Å²) >= 11 is 1.51. The molecule has 0 amide bonds. The van der Waals surface area contributed by atoms with E-state index >= 15 is 0 Å². The van der Waals surface area contributed by atoms with E-state index in [1.165, 1.54) is 17.4 Å². The number of benzene rings is 2. The van der Waals surface area contributed by atoms with E-state index in [1.54, 1.807) is 18.3 Å². The van der Waals surface area contributed by atoms with Gasteiger partial charge in [-0.1, -0.05) is 30.3 Å². The van der Waals surface area contributed by atoms with E-state index in [4.69, 9.17) is 5.26 Å². The summed E-state index contributed by atoms with van der Waals surface area (Å²) in [5.41, 5.74) is 1.65. The lowest BCUT2D eigenvalue weighted by atomic mass is 10.1. The number of nitrogens with zero attached hydrogens (tertiary/aromatic N) is 2. The molecule has 1 aromatic heterocycles. The molecule has 108 valence electrons. The molecule has 0 aliphatic rings. The van der Waals surface area contributed by atoms with Gasteiger partial charge < -0.3 is 5.32 Å². The quantitative estimate of drug-likeness (QED) is 0.779. The van der Waals surface area contributed by atoms with Crippen molar-refractivity contribution in [3.8, 4) is 6.07 Å². The second kappa shape index (κ2) is 6.37. The number of anilines is 1. The zero-order valence-electron chi connectivity index (χ0n) is 11.5. The molecule has 0 saturated heterocycles. The van der Waals surface area contributed by atoms with Gasteiger partial charge in [0.15, 0.2) is 0 Å². The molecule has 0 aliphatic carbocycles. The van der Waals surface area contributed by atoms with Gasteiger partial charge in [0, 0.05) is 11.6 Å². The number of aromatic nitrogens is 1. The van der Waals surface area contributed by atoms with Gasteiger partial charge in [-0.05, 0) is 23.8 Å². The summed E-state index contributed by atoms with van der Waals surface area (Å²) < 4.78 is 14.1. The van der Waals surface area contributed by atoms with Gasteiger partial charge in [-0.3, -0.25) is 0 Å². The zero-order chi connectivity index (χ0) is 15.4. The van der Waals surface area contributed by atoms with Crippen LogP contribution in [0.1, 0.15) is 22.2 Å². The van der Waals surface area contributed by atoms with Gasteiger partial charge in [0.2, 0.25) is 0 Å². The van der Waals surface area contributed by atoms with Crippen molar-refractivity contribution in [1.82, 2.24) is 4.98 Å². The lowest BCUT2D eigenvalue weighted by Gasteiger charge is -2.18. The van der Waals surface area contributed by atoms with E-state index in [1.807, 2.05) is 41.8 Å². The third-order valence-electron chi connectivity index (χ3n) is 3.23. The monoisotopic (exact) mass is 309 g/mol. The maximum absolute atomic E-state index is 14.1. The summed E-state index contributed by atoms with van der Waals surface area (Å²) in [6.07, 6.45) is 1.73. The van der Waals surface area contributed by atoms with Crippen LogP contribution in [0.25, 0.3) is 0 Å². The maximum atomic E-state index is 14.1. The fourth-order valence-corrected chi connectivity index (χ4v) is 2.88. The van der Waals surface area contributed by atoms with E-state index in [0.29, 0.717) is 11.3 Å². The first-order chi connectivity index (χ1) is 10.8. The highest BCUT2D eigenvalue weighted by Gasteiger charge is 2.18. The van der Waals surface area contributed by atoms with Crippen LogP contribution in [0.5, 0.6) is 0 Å². The van der Waals surface area contributed by atoms with Crippen LogP contribution in [0, 0.1) is 17.1 Å². The van der Waals surface area contributed by atoms with E-state index in [-0.39, 0.29) is 6.04 Å². The Balaban J connectivity index is 1.96. The summed E-state index contributed by atoms with van der Waals surface area (Å²) in [6.45, 7) is 0. The van der Waals surface area contributed by atoms with E-state index in [9.17, 15) is 4.39 Å². The topological polar surface area (TPSA) is 48.7 Å². The van der Waals surface area contributed by atoms with Gasteiger partial charge in [0.1, 0.15) is 16.9 Å². The summed E-state index contributed by atoms with van der Waals surface area (Å²) in [7, 11) is 0. The average molecular weight is 309 g/mol. The van der Waals surface area contributed by atoms with Crippen molar-refractivity contribution >= 4 is 17.0 Å². The van der Waals surface area contributed by atoms with E-state index in [2.05, 4.69) is 10.3 Å². The Bertz CT molecular complexity index is 795. The van der Waals surface area contributed by atoms with Gasteiger partial charge in [0.25, 0.3) is 0 Å². The van der Waals surface area contributed by atoms with Gasteiger partial charge in [-0.25, -0.2) is 9.37 Å². The first-order valence-corrected chi connectivity index (χ1v) is 7.56. The van der Waals surface area contributed by atoms with Crippen molar-refractivity contribution in [2.45, 2.75) is 6.04 Å². The van der Waals surface area contributed by atoms with Crippen LogP contribution < -0.4 is 5.32 Å². The van der Waals surface area contributed by atoms with Gasteiger partial charge in [-0.15, -0.1) is 11.3 Å². The van der Waals surface area contributed by atoms with Crippen LogP contribution in [-0.4, -0.2) is 4.98 Å². The second-order valence-electron chi connectivity index (χ2n) is 4.66. The predicted octanol–water partition coefficient (Wildman–Crippen LogP) is 4.36. The smallest absolute Gasteiger partial charge is 0.147 e. The molecular weight excluding hydrogens is 297 g/mol. The fraction of sp³-hybridized carbons (Fsp3) is 0.0588. The molecule has 0 bridgehead atoms. The number of nitriles is 1. The zero-order valence-corrected chi connectivity index (χ0v) is 12.3. The molecule has 0 aliphatic heterocycles. The second-order valence-corrected chi connectivity index (χ2v) is 5.59. The predicted molar refractivity (Wildman–Crippen MR) is 85.1 cm³/mol. The number of hydrogen-bond acceptors (Lipinski definition) is 4. The summed E-state index contributed by atoms with van der Waals surface area (Å²) in [4.78, 5) is 4.33. The average Bonchev–Trinajstić information content (AvgIpc) is 3.08. The number of rotatable bonds is 4. The summed E-state index contributed by atoms with van der Waals surface area (Å²) in [5, 5.41) is 14.7. The molecule has 1 unspecified atom stereocenters. The lowest BCUT2D eigenvalue weighted by molar-refractivity contribution is 0.628. The minimum atomic E-state index is -0.448. The third-order valence-corrected chi connectivity index (χ3v) is 4.07. The van der Waals surface area contributed by atoms with E-state index < -0.39 is 5.82 Å². The first kappa shape index (κ1) is 14.2. The highest BCUT2D eigenvalue weighted by Crippen LogP contribution is 2.29. The molecule has 0 fully saturated rings. The molecule has 3 rings (SSSR count). The Kier molecular flexibility index (Phi) is 4.12. The highest BCUT2D eigenvalue weighted by molar-refractivity contribution is 7.09. The van der Waals surface area contributed by atoms with Crippen LogP contribution in [0.15, 0.2) is 60.1 Å². The molecule has 2 aromatic carbocycles. The van der Waals surface area contributed by atoms with Crippen LogP contribution in [0.3, 0.4) is 0 Å². The van der Waals surface area contributed by atoms with Crippen LogP contribution in [0.4, 0.5) is 10.1 Å². The Hall–Kier alpha value is -2.71. The van der Waals surface area contributed by atoms with Crippen molar-refractivity contribution in [3.05, 3.63) is 82.1 Å². The SMILES string of the molecule is N#Cc1ccc(NC(c2ccccc2)c2nccs2)c(F)c1. The maximum Gasteiger partial charge on any atom is 0.147 e. The lowest BCUT2D eigenvalue weighted by Crippen LogP contribution is -2.13. The standard InChI is InChI=1S/C17H12FN3S/c18-14-10-12(11-19)6-7-15(14)21-16(17-20-8-9-22-17)13-4-2-1-3-5-13/h1-10,16,21H. The molecule has 0 saturated carbocycles. The molecule has 0 spiro atoms. The van der Waals surface area contributed by atoms with E-state index in [0.717, 1.165) is 10.6 Å². The largest absolute Gasteiger partial charge is 0.370 e. The Morgan fingerprint density at radius 1 is 1.18 bits per heavy atom. The molecule has 3 aromatic rings. The van der Waals surface area contributed by atoms with Crippen molar-refractivity contribution in [2.24, 2.45) is 0 Å². The van der Waals surface area contributed by atoms with Crippen molar-refractivity contribution in [2.75, 3.05) is 5.32 Å². The molecule has 1 N–H and O–H groups in total. The van der Waals surface area contributed by atoms with Gasteiger partial charge in [-0.2, -0.15) is 5.26 Å². The molecule has 1 heterocycles. The normalized spacial score (nSPS) is 11.6. The number of hydrogen-bond donors (Lipinski definition) is 1. The minimum Gasteiger partial charge on any atom is -0.370 e. The molecule has 5 heteroatoms. The van der Waals surface area contributed by atoms with Gasteiger partial charge >= 0.3 is 0 Å². The summed E-state index contributed by atoms with van der Waals surface area (Å²) in [6, 6.07) is 15.9. The molecular formula is C17H12FN3S. The number of nitrogens with one attached hydrogen (secondary N) is 1. The first-order valence-electron chi connectivity index (χ1n) is 6.68. The van der Waals surface area contributed by atoms with Gasteiger partial charge in [0.05, 0.1) is 17.3 Å². The van der Waals surface area contributed by atoms with Crippen LogP contribution in [-0.2, 0) is 0 Å². The minimum absolute atomic E-state index is 0.233.